The van der Waals surface area contributed by atoms with Gasteiger partial charge in [0.1, 0.15) is 40.8 Å². The predicted molar refractivity (Wildman–Crippen MR) is 211 cm³/mol. The summed E-state index contributed by atoms with van der Waals surface area (Å²) in [6.07, 6.45) is 0.532. The van der Waals surface area contributed by atoms with Gasteiger partial charge in [-0.1, -0.05) is 47.5 Å². The minimum atomic E-state index is -4.24. The number of sulfonamides is 1. The van der Waals surface area contributed by atoms with E-state index in [0.29, 0.717) is 54.6 Å². The topological polar surface area (TPSA) is 195 Å². The van der Waals surface area contributed by atoms with Crippen LogP contribution in [0.25, 0.3) is 11.0 Å². The van der Waals surface area contributed by atoms with Crippen LogP contribution in [0.1, 0.15) is 105 Å². The first kappa shape index (κ1) is 42.8. The molecule has 3 aliphatic carbocycles. The van der Waals surface area contributed by atoms with E-state index < -0.39 is 98.0 Å². The largest absolute Gasteiger partial charge is 0.497 e. The molecule has 2 bridgehead atoms. The Morgan fingerprint density at radius 1 is 1.10 bits per heavy atom. The van der Waals surface area contributed by atoms with Gasteiger partial charge in [-0.2, -0.15) is 0 Å². The average molecular weight is 847 g/mol. The van der Waals surface area contributed by atoms with Crippen LogP contribution < -0.4 is 24.8 Å². The van der Waals surface area contributed by atoms with Crippen LogP contribution in [-0.2, 0) is 35.6 Å². The molecule has 18 heteroatoms. The fraction of sp³-hybridized carbons (Fsp3) is 0.707. The number of rotatable bonds is 8. The van der Waals surface area contributed by atoms with Crippen LogP contribution in [0.15, 0.2) is 18.2 Å². The van der Waals surface area contributed by atoms with Crippen LogP contribution in [0.3, 0.4) is 0 Å². The minimum absolute atomic E-state index is 0.162. The van der Waals surface area contributed by atoms with Crippen LogP contribution >= 0.6 is 0 Å². The number of hydrogen-bond acceptors (Lipinski definition) is 11. The number of hydrogen-bond donors (Lipinski definition) is 3. The third kappa shape index (κ3) is 8.13. The maximum absolute atomic E-state index is 14.9. The number of fused-ring (bicyclic) bond motifs is 5. The number of alkyl halides is 2. The molecule has 8 unspecified atom stereocenters. The first-order valence-electron chi connectivity index (χ1n) is 20.7. The second-order valence-electron chi connectivity index (χ2n) is 18.5. The van der Waals surface area contributed by atoms with E-state index in [2.05, 4.69) is 10.6 Å². The van der Waals surface area contributed by atoms with Gasteiger partial charge in [-0.25, -0.2) is 32.0 Å². The van der Waals surface area contributed by atoms with Gasteiger partial charge in [0, 0.05) is 17.9 Å². The third-order valence-electron chi connectivity index (χ3n) is 13.3. The molecular weight excluding hydrogens is 791 g/mol. The highest BCUT2D eigenvalue weighted by atomic mass is 32.2. The smallest absolute Gasteiger partial charge is 0.408 e. The summed E-state index contributed by atoms with van der Waals surface area (Å²) < 4.78 is 73.7. The lowest BCUT2D eigenvalue weighted by molar-refractivity contribution is -0.143. The number of aromatic nitrogens is 2. The predicted octanol–water partition coefficient (Wildman–Crippen LogP) is 4.80. The third-order valence-corrected chi connectivity index (χ3v) is 15.5. The van der Waals surface area contributed by atoms with E-state index in [1.807, 2.05) is 11.6 Å². The lowest BCUT2D eigenvalue weighted by atomic mass is 9.85. The van der Waals surface area contributed by atoms with E-state index in [-0.39, 0.29) is 18.3 Å². The Morgan fingerprint density at radius 2 is 1.83 bits per heavy atom. The first-order valence-corrected chi connectivity index (χ1v) is 22.1. The number of alkyl carbamates (subject to hydrolysis) is 1. The van der Waals surface area contributed by atoms with Crippen LogP contribution in [-0.4, -0.2) is 101 Å². The molecule has 0 radical (unpaired) electrons. The Bertz CT molecular complexity index is 2130. The lowest BCUT2D eigenvalue weighted by Crippen LogP contribution is -2.61. The fourth-order valence-corrected chi connectivity index (χ4v) is 10.1. The highest BCUT2D eigenvalue weighted by Gasteiger charge is 2.68. The quantitative estimate of drug-likeness (QED) is 0.331. The molecule has 4 fully saturated rings. The summed E-state index contributed by atoms with van der Waals surface area (Å²) in [6, 6.07) is 2.68. The molecule has 1 aromatic heterocycles. The zero-order valence-electron chi connectivity index (χ0n) is 34.7. The van der Waals surface area contributed by atoms with Gasteiger partial charge in [0.15, 0.2) is 0 Å². The number of halogens is 2. The average Bonchev–Trinajstić information content (AvgIpc) is 4.12. The molecule has 1 aromatic carbocycles. The Hall–Kier alpha value is -4.35. The summed E-state index contributed by atoms with van der Waals surface area (Å²) in [6.45, 7) is 10.1. The normalized spacial score (nSPS) is 32.0. The Balaban J connectivity index is 1.26. The van der Waals surface area contributed by atoms with Crippen molar-refractivity contribution in [1.82, 2.24) is 30.2 Å². The van der Waals surface area contributed by atoms with Gasteiger partial charge in [0.05, 0.1) is 35.4 Å². The molecule has 0 spiro atoms. The van der Waals surface area contributed by atoms with Gasteiger partial charge in [-0.05, 0) is 75.8 Å². The number of carbonyl (C=O) groups excluding carboxylic acids is 4. The summed E-state index contributed by atoms with van der Waals surface area (Å²) in [5, 5.41) is 5.28. The number of carbonyl (C=O) groups is 4. The van der Waals surface area contributed by atoms with Gasteiger partial charge in [0.25, 0.3) is 5.91 Å². The summed E-state index contributed by atoms with van der Waals surface area (Å²) in [5.74, 6) is -4.47. The van der Waals surface area contributed by atoms with Crippen LogP contribution in [0.5, 0.6) is 11.6 Å². The molecule has 59 heavy (non-hydrogen) atoms. The van der Waals surface area contributed by atoms with Crippen molar-refractivity contribution >= 4 is 44.9 Å². The molecule has 3 N–H and O–H groups in total. The zero-order valence-corrected chi connectivity index (χ0v) is 35.5. The van der Waals surface area contributed by atoms with Crippen molar-refractivity contribution in [2.75, 3.05) is 13.7 Å². The van der Waals surface area contributed by atoms with Gasteiger partial charge < -0.3 is 29.7 Å². The highest BCUT2D eigenvalue weighted by Crippen LogP contribution is 2.53. The van der Waals surface area contributed by atoms with Gasteiger partial charge >= 0.3 is 6.09 Å². The molecular formula is C41H56F2N6O9S. The van der Waals surface area contributed by atoms with E-state index in [4.69, 9.17) is 24.2 Å². The van der Waals surface area contributed by atoms with Crippen molar-refractivity contribution in [2.45, 2.75) is 146 Å². The SMILES string of the molecule is CCC12CC1CCCCCc1nc3ccc(OC)cc3nc1OC1CN(C(=O)C(C(C)(C)C)NC(=O)O2)C(C(=O)NC2(C(=O)NS(=O)(=O)C3(C)CC3)CC2C(F)F)C1C. The first-order chi connectivity index (χ1) is 27.7. The number of methoxy groups -OCH3 is 1. The van der Waals surface area contributed by atoms with E-state index in [0.717, 1.165) is 25.7 Å². The highest BCUT2D eigenvalue weighted by molar-refractivity contribution is 7.91. The van der Waals surface area contributed by atoms with E-state index in [9.17, 15) is 36.4 Å². The Morgan fingerprint density at radius 3 is 2.46 bits per heavy atom. The van der Waals surface area contributed by atoms with E-state index in [1.165, 1.54) is 18.9 Å². The summed E-state index contributed by atoms with van der Waals surface area (Å²) in [5.41, 5.74) is -2.13. The second-order valence-corrected chi connectivity index (χ2v) is 20.7. The van der Waals surface area contributed by atoms with Crippen LogP contribution in [0.4, 0.5) is 13.6 Å². The second kappa shape index (κ2) is 15.3. The summed E-state index contributed by atoms with van der Waals surface area (Å²) in [4.78, 5) is 67.8. The molecule has 15 nitrogen and oxygen atoms in total. The molecule has 324 valence electrons. The molecule has 7 rings (SSSR count). The van der Waals surface area contributed by atoms with E-state index >= 15 is 0 Å². The fourth-order valence-electron chi connectivity index (χ4n) is 8.78. The lowest BCUT2D eigenvalue weighted by Gasteiger charge is -2.36. The number of nitrogens with zero attached hydrogens (tertiary/aromatic N) is 3. The minimum Gasteiger partial charge on any atom is -0.497 e. The molecule has 3 saturated carbocycles. The molecule has 2 aromatic rings. The number of amides is 4. The standard InChI is InChI=1S/C41H56F2N6O9S/c1-8-40-19-23(40)12-10-9-11-13-27-34(45-28-18-24(56-7)14-15-26(28)44-27)57-29-21-49(35(51)31(38(3,4)5)46-37(53)58-40)30(22(29)2)33(50)47-41(20-25(41)32(42)43)36(52)48-59(54,55)39(6)16-17-39/h14-15,18,22-23,25,29-32H,8-13,16-17,19-21H2,1-7H3,(H,46,53)(H,47,50)(H,48,52). The molecule has 4 amide bonds. The maximum Gasteiger partial charge on any atom is 0.408 e. The maximum atomic E-state index is 14.9. The molecule has 3 heterocycles. The Kier molecular flexibility index (Phi) is 11.1. The zero-order chi connectivity index (χ0) is 42.9. The number of ether oxygens (including phenoxy) is 3. The van der Waals surface area contributed by atoms with Crippen molar-refractivity contribution in [2.24, 2.45) is 23.2 Å². The van der Waals surface area contributed by atoms with Gasteiger partial charge in [0.2, 0.25) is 34.1 Å². The molecule has 5 aliphatic rings. The molecule has 8 atom stereocenters. The molecule has 1 saturated heterocycles. The van der Waals surface area contributed by atoms with Crippen molar-refractivity contribution in [3.63, 3.8) is 0 Å². The number of benzene rings is 1. The van der Waals surface area contributed by atoms with E-state index in [1.54, 1.807) is 45.9 Å². The number of nitrogens with one attached hydrogen (secondary N) is 3. The summed E-state index contributed by atoms with van der Waals surface area (Å²) >= 11 is 0. The van der Waals surface area contributed by atoms with Crippen molar-refractivity contribution in [3.05, 3.63) is 23.9 Å². The van der Waals surface area contributed by atoms with Crippen LogP contribution in [0.2, 0.25) is 0 Å². The summed E-state index contributed by atoms with van der Waals surface area (Å²) in [7, 11) is -2.71. The van der Waals surface area contributed by atoms with Gasteiger partial charge in [-0.15, -0.1) is 0 Å². The number of aryl methyl sites for hydroxylation is 1. The Labute approximate surface area is 343 Å². The van der Waals surface area contributed by atoms with Crippen molar-refractivity contribution < 1.29 is 50.6 Å². The monoisotopic (exact) mass is 846 g/mol. The van der Waals surface area contributed by atoms with Crippen LogP contribution in [0, 0.1) is 23.2 Å². The van der Waals surface area contributed by atoms with Gasteiger partial charge in [-0.3, -0.25) is 19.1 Å². The van der Waals surface area contributed by atoms with Crippen molar-refractivity contribution in [3.8, 4) is 11.6 Å². The molecule has 2 aliphatic heterocycles. The van der Waals surface area contributed by atoms with Crippen molar-refractivity contribution in [1.29, 1.82) is 0 Å².